The molecule has 11 aromatic rings. The Hall–Kier alpha value is -7.21. The van der Waals surface area contributed by atoms with Gasteiger partial charge in [0.2, 0.25) is 0 Å². The van der Waals surface area contributed by atoms with E-state index in [9.17, 15) is 0 Å². The molecule has 8 aromatic carbocycles. The van der Waals surface area contributed by atoms with E-state index in [0.717, 1.165) is 55.3 Å². The van der Waals surface area contributed by atoms with Gasteiger partial charge in [-0.15, -0.1) is 11.3 Å². The molecule has 262 valence electrons. The Morgan fingerprint density at radius 3 is 1.70 bits per heavy atom. The molecule has 0 spiro atoms. The van der Waals surface area contributed by atoms with Gasteiger partial charge in [0.05, 0.1) is 0 Å². The van der Waals surface area contributed by atoms with Crippen LogP contribution in [-0.4, -0.2) is 15.0 Å². The van der Waals surface area contributed by atoms with Gasteiger partial charge in [-0.1, -0.05) is 164 Å². The predicted molar refractivity (Wildman–Crippen MR) is 233 cm³/mol. The summed E-state index contributed by atoms with van der Waals surface area (Å²) < 4.78 is 9.36. The zero-order chi connectivity index (χ0) is 37.0. The zero-order valence-corrected chi connectivity index (χ0v) is 30.9. The molecule has 0 N–H and O–H groups in total. The predicted octanol–water partition coefficient (Wildman–Crippen LogP) is 14.1. The van der Waals surface area contributed by atoms with E-state index >= 15 is 0 Å². The molecule has 56 heavy (non-hydrogen) atoms. The molecule has 0 radical (unpaired) electrons. The molecule has 0 aliphatic rings. The molecule has 4 nitrogen and oxygen atoms in total. The van der Waals surface area contributed by atoms with E-state index in [4.69, 9.17) is 19.4 Å². The Morgan fingerprint density at radius 1 is 0.339 bits per heavy atom. The van der Waals surface area contributed by atoms with Crippen molar-refractivity contribution in [3.05, 3.63) is 188 Å². The van der Waals surface area contributed by atoms with E-state index in [0.29, 0.717) is 17.5 Å². The van der Waals surface area contributed by atoms with Gasteiger partial charge >= 0.3 is 0 Å². The fourth-order valence-corrected chi connectivity index (χ4v) is 8.96. The number of hydrogen-bond donors (Lipinski definition) is 0. The van der Waals surface area contributed by atoms with Crippen LogP contribution in [0, 0.1) is 0 Å². The second kappa shape index (κ2) is 13.3. The molecule has 0 unspecified atom stereocenters. The van der Waals surface area contributed by atoms with Crippen molar-refractivity contribution in [1.29, 1.82) is 0 Å². The summed E-state index contributed by atoms with van der Waals surface area (Å²) in [5.41, 5.74) is 11.2. The molecule has 0 bridgehead atoms. The molecule has 0 saturated carbocycles. The van der Waals surface area contributed by atoms with E-state index in [-0.39, 0.29) is 0 Å². The number of para-hydroxylation sites is 1. The lowest BCUT2D eigenvalue weighted by atomic mass is 9.96. The molecule has 5 heteroatoms. The molecular weight excluding hydrogens is 703 g/mol. The van der Waals surface area contributed by atoms with Crippen molar-refractivity contribution in [3.8, 4) is 67.5 Å². The maximum atomic E-state index is 6.75. The SMILES string of the molecule is c1ccc(-c2ccc(-c3nc(-c4ccccc4)nc(-c4cccc5oc6c(-c7cccc(-c8ccc9c(c8)sc8ccccc89)c7)cccc6c45)n3)cc2)cc1. The van der Waals surface area contributed by atoms with Gasteiger partial charge in [-0.2, -0.15) is 0 Å². The second-order valence-electron chi connectivity index (χ2n) is 14.0. The Kier molecular flexibility index (Phi) is 7.64. The second-order valence-corrected chi connectivity index (χ2v) is 15.1. The molecule has 3 aromatic heterocycles. The molecule has 0 aliphatic carbocycles. The Morgan fingerprint density at radius 2 is 0.875 bits per heavy atom. The fraction of sp³-hybridized carbons (Fsp3) is 0. The number of furan rings is 1. The van der Waals surface area contributed by atoms with E-state index in [1.165, 1.54) is 36.9 Å². The van der Waals surface area contributed by atoms with E-state index in [1.54, 1.807) is 0 Å². The summed E-state index contributed by atoms with van der Waals surface area (Å²) in [6.07, 6.45) is 0. The number of thiophene rings is 1. The first-order valence-electron chi connectivity index (χ1n) is 18.7. The van der Waals surface area contributed by atoms with Gasteiger partial charge in [-0.3, -0.25) is 0 Å². The smallest absolute Gasteiger partial charge is 0.164 e. The van der Waals surface area contributed by atoms with Crippen molar-refractivity contribution >= 4 is 53.4 Å². The van der Waals surface area contributed by atoms with Crippen molar-refractivity contribution in [2.45, 2.75) is 0 Å². The summed E-state index contributed by atoms with van der Waals surface area (Å²) in [7, 11) is 0. The van der Waals surface area contributed by atoms with Crippen LogP contribution in [0.1, 0.15) is 0 Å². The average molecular weight is 734 g/mol. The average Bonchev–Trinajstić information content (AvgIpc) is 3.85. The molecule has 0 amide bonds. The highest BCUT2D eigenvalue weighted by atomic mass is 32.1. The third-order valence-corrected chi connectivity index (χ3v) is 11.7. The molecule has 0 atom stereocenters. The minimum Gasteiger partial charge on any atom is -0.455 e. The first-order chi connectivity index (χ1) is 27.7. The van der Waals surface area contributed by atoms with E-state index in [1.807, 2.05) is 59.9 Å². The Balaban J connectivity index is 1.03. The highest BCUT2D eigenvalue weighted by Gasteiger charge is 2.20. The van der Waals surface area contributed by atoms with Crippen molar-refractivity contribution in [1.82, 2.24) is 15.0 Å². The van der Waals surface area contributed by atoms with Gasteiger partial charge in [-0.05, 0) is 52.1 Å². The fourth-order valence-electron chi connectivity index (χ4n) is 7.82. The molecule has 11 rings (SSSR count). The number of rotatable bonds is 6. The third kappa shape index (κ3) is 5.56. The molecule has 3 heterocycles. The van der Waals surface area contributed by atoms with Crippen LogP contribution in [-0.2, 0) is 0 Å². The summed E-state index contributed by atoms with van der Waals surface area (Å²) in [6.45, 7) is 0. The van der Waals surface area contributed by atoms with Crippen molar-refractivity contribution in [2.24, 2.45) is 0 Å². The monoisotopic (exact) mass is 733 g/mol. The van der Waals surface area contributed by atoms with Gasteiger partial charge in [0.25, 0.3) is 0 Å². The number of aromatic nitrogens is 3. The van der Waals surface area contributed by atoms with Gasteiger partial charge in [-0.25, -0.2) is 15.0 Å². The third-order valence-electron chi connectivity index (χ3n) is 10.6. The number of benzene rings is 8. The van der Waals surface area contributed by atoms with Gasteiger partial charge in [0.1, 0.15) is 11.2 Å². The standard InChI is InChI=1S/C51H31N3OS/c1-3-12-32(13-4-1)33-24-26-35(27-25-33)50-52-49(34-14-5-2-6-15-34)53-51(54-50)43-21-11-22-44-47(43)42-20-10-19-39(48(42)55-44)38-17-9-16-36(30-38)37-28-29-41-40-18-7-8-23-45(40)56-46(41)31-37/h1-31H. The topological polar surface area (TPSA) is 51.8 Å². The molecule has 0 fully saturated rings. The number of nitrogens with zero attached hydrogens (tertiary/aromatic N) is 3. The molecular formula is C51H31N3OS. The lowest BCUT2D eigenvalue weighted by Crippen LogP contribution is -2.00. The quantitative estimate of drug-likeness (QED) is 0.171. The van der Waals surface area contributed by atoms with Gasteiger partial charge in [0.15, 0.2) is 17.5 Å². The van der Waals surface area contributed by atoms with Crippen LogP contribution in [0.15, 0.2) is 192 Å². The first kappa shape index (κ1) is 32.2. The lowest BCUT2D eigenvalue weighted by molar-refractivity contribution is 0.670. The highest BCUT2D eigenvalue weighted by Crippen LogP contribution is 2.42. The van der Waals surface area contributed by atoms with Crippen LogP contribution in [0.4, 0.5) is 0 Å². The minimum atomic E-state index is 0.596. The van der Waals surface area contributed by atoms with E-state index < -0.39 is 0 Å². The zero-order valence-electron chi connectivity index (χ0n) is 30.1. The maximum absolute atomic E-state index is 6.75. The summed E-state index contributed by atoms with van der Waals surface area (Å²) in [6, 6.07) is 65.6. The van der Waals surface area contributed by atoms with Crippen LogP contribution in [0.2, 0.25) is 0 Å². The number of fused-ring (bicyclic) bond motifs is 6. The maximum Gasteiger partial charge on any atom is 0.164 e. The number of hydrogen-bond acceptors (Lipinski definition) is 5. The lowest BCUT2D eigenvalue weighted by Gasteiger charge is -2.10. The summed E-state index contributed by atoms with van der Waals surface area (Å²) >= 11 is 1.84. The van der Waals surface area contributed by atoms with Gasteiger partial charge < -0.3 is 4.42 Å². The summed E-state index contributed by atoms with van der Waals surface area (Å²) in [4.78, 5) is 15.2. The first-order valence-corrected chi connectivity index (χ1v) is 19.5. The van der Waals surface area contributed by atoms with Crippen LogP contribution < -0.4 is 0 Å². The van der Waals surface area contributed by atoms with Crippen molar-refractivity contribution in [3.63, 3.8) is 0 Å². The van der Waals surface area contributed by atoms with Crippen LogP contribution in [0.3, 0.4) is 0 Å². The summed E-state index contributed by atoms with van der Waals surface area (Å²) in [5, 5.41) is 4.60. The summed E-state index contributed by atoms with van der Waals surface area (Å²) in [5.74, 6) is 1.83. The van der Waals surface area contributed by atoms with E-state index in [2.05, 4.69) is 140 Å². The Labute approximate surface area is 327 Å². The van der Waals surface area contributed by atoms with Crippen LogP contribution in [0.25, 0.3) is 110 Å². The van der Waals surface area contributed by atoms with Crippen molar-refractivity contribution in [2.75, 3.05) is 0 Å². The van der Waals surface area contributed by atoms with Crippen LogP contribution >= 0.6 is 11.3 Å². The Bertz CT molecular complexity index is 3240. The minimum absolute atomic E-state index is 0.596. The normalized spacial score (nSPS) is 11.6. The van der Waals surface area contributed by atoms with Crippen LogP contribution in [0.5, 0.6) is 0 Å². The molecule has 0 aliphatic heterocycles. The largest absolute Gasteiger partial charge is 0.455 e. The highest BCUT2D eigenvalue weighted by molar-refractivity contribution is 7.25. The molecule has 0 saturated heterocycles. The van der Waals surface area contributed by atoms with Gasteiger partial charge in [0, 0.05) is 53.2 Å². The van der Waals surface area contributed by atoms with Crippen molar-refractivity contribution < 1.29 is 4.42 Å².